The molecule has 0 heterocycles. The molecule has 1 unspecified atom stereocenters. The average molecular weight is 196 g/mol. The summed E-state index contributed by atoms with van der Waals surface area (Å²) < 4.78 is 12.7. The van der Waals surface area contributed by atoms with Gasteiger partial charge in [0.1, 0.15) is 6.17 Å². The zero-order valence-electron chi connectivity index (χ0n) is 8.54. The van der Waals surface area contributed by atoms with Gasteiger partial charge in [-0.25, -0.2) is 4.39 Å². The number of alkyl halides is 1. The quantitative estimate of drug-likeness (QED) is 0.767. The topological polar surface area (TPSA) is 20.2 Å². The van der Waals surface area contributed by atoms with Crippen LogP contribution in [0.1, 0.15) is 24.5 Å². The Morgan fingerprint density at radius 1 is 1.36 bits per heavy atom. The number of aliphatic hydroxyl groups is 1. The Morgan fingerprint density at radius 2 is 2.07 bits per heavy atom. The van der Waals surface area contributed by atoms with Gasteiger partial charge in [0, 0.05) is 13.0 Å². The molecule has 1 aromatic rings. The van der Waals surface area contributed by atoms with Crippen molar-refractivity contribution in [3.63, 3.8) is 0 Å². The fourth-order valence-corrected chi connectivity index (χ4v) is 1.52. The van der Waals surface area contributed by atoms with E-state index in [4.69, 9.17) is 5.11 Å². The highest BCUT2D eigenvalue weighted by Crippen LogP contribution is 2.10. The first-order valence-corrected chi connectivity index (χ1v) is 5.05. The van der Waals surface area contributed by atoms with Gasteiger partial charge in [-0.1, -0.05) is 24.3 Å². The van der Waals surface area contributed by atoms with Crippen LogP contribution in [0, 0.1) is 0 Å². The largest absolute Gasteiger partial charge is 0.396 e. The minimum atomic E-state index is -0.789. The van der Waals surface area contributed by atoms with E-state index >= 15 is 0 Å². The molecule has 1 atom stereocenters. The van der Waals surface area contributed by atoms with Crippen LogP contribution in [-0.2, 0) is 12.8 Å². The van der Waals surface area contributed by atoms with Crippen LogP contribution in [0.15, 0.2) is 24.3 Å². The number of aryl methyl sites for hydroxylation is 1. The molecule has 78 valence electrons. The summed E-state index contributed by atoms with van der Waals surface area (Å²) in [5.41, 5.74) is 2.22. The minimum absolute atomic E-state index is 0.212. The van der Waals surface area contributed by atoms with Crippen LogP contribution in [0.25, 0.3) is 0 Å². The van der Waals surface area contributed by atoms with Gasteiger partial charge in [0.05, 0.1) is 0 Å². The van der Waals surface area contributed by atoms with E-state index in [1.165, 1.54) is 5.56 Å². The monoisotopic (exact) mass is 196 g/mol. The molecule has 0 amide bonds. The van der Waals surface area contributed by atoms with Gasteiger partial charge in [-0.05, 0) is 30.9 Å². The zero-order chi connectivity index (χ0) is 10.4. The average Bonchev–Trinajstić information content (AvgIpc) is 2.14. The predicted molar refractivity (Wildman–Crippen MR) is 56.1 cm³/mol. The number of rotatable bonds is 5. The van der Waals surface area contributed by atoms with Crippen molar-refractivity contribution < 1.29 is 9.50 Å². The molecule has 2 heteroatoms. The Hall–Kier alpha value is -0.890. The van der Waals surface area contributed by atoms with Gasteiger partial charge in [0.25, 0.3) is 0 Å². The van der Waals surface area contributed by atoms with Crippen molar-refractivity contribution in [2.45, 2.75) is 32.4 Å². The van der Waals surface area contributed by atoms with E-state index < -0.39 is 6.17 Å². The molecule has 0 radical (unpaired) electrons. The number of hydrogen-bond acceptors (Lipinski definition) is 1. The van der Waals surface area contributed by atoms with Crippen LogP contribution in [-0.4, -0.2) is 17.9 Å². The standard InChI is InChI=1S/C12H17FO/c1-10(13)8-12-5-2-4-11(9-12)6-3-7-14/h2,4-5,9-10,14H,3,6-8H2,1H3. The maximum Gasteiger partial charge on any atom is 0.101 e. The Bertz CT molecular complexity index is 271. The lowest BCUT2D eigenvalue weighted by Crippen LogP contribution is -1.99. The molecule has 1 N–H and O–H groups in total. The predicted octanol–water partition coefficient (Wildman–Crippen LogP) is 2.51. The third-order valence-electron chi connectivity index (χ3n) is 2.13. The zero-order valence-corrected chi connectivity index (χ0v) is 8.54. The molecule has 0 aliphatic rings. The van der Waals surface area contributed by atoms with E-state index in [1.807, 2.05) is 24.3 Å². The molecular formula is C12H17FO. The lowest BCUT2D eigenvalue weighted by Gasteiger charge is -2.05. The number of benzene rings is 1. The fraction of sp³-hybridized carbons (Fsp3) is 0.500. The van der Waals surface area contributed by atoms with E-state index in [0.717, 1.165) is 18.4 Å². The van der Waals surface area contributed by atoms with E-state index in [2.05, 4.69) is 0 Å². The highest BCUT2D eigenvalue weighted by atomic mass is 19.1. The number of hydrogen-bond donors (Lipinski definition) is 1. The van der Waals surface area contributed by atoms with Gasteiger partial charge in [-0.2, -0.15) is 0 Å². The van der Waals surface area contributed by atoms with Crippen molar-refractivity contribution in [2.75, 3.05) is 6.61 Å². The van der Waals surface area contributed by atoms with Crippen LogP contribution in [0.4, 0.5) is 4.39 Å². The molecule has 0 saturated heterocycles. The highest BCUT2D eigenvalue weighted by molar-refractivity contribution is 5.24. The summed E-state index contributed by atoms with van der Waals surface area (Å²) in [5, 5.41) is 8.68. The first-order chi connectivity index (χ1) is 6.72. The van der Waals surface area contributed by atoms with Crippen molar-refractivity contribution >= 4 is 0 Å². The maximum atomic E-state index is 12.7. The van der Waals surface area contributed by atoms with Crippen molar-refractivity contribution in [3.05, 3.63) is 35.4 Å². The van der Waals surface area contributed by atoms with E-state index in [1.54, 1.807) is 6.92 Å². The van der Waals surface area contributed by atoms with Gasteiger partial charge < -0.3 is 5.11 Å². The van der Waals surface area contributed by atoms with Crippen LogP contribution in [0.5, 0.6) is 0 Å². The van der Waals surface area contributed by atoms with Crippen LogP contribution < -0.4 is 0 Å². The Balaban J connectivity index is 2.59. The first kappa shape index (κ1) is 11.2. The third kappa shape index (κ3) is 3.88. The first-order valence-electron chi connectivity index (χ1n) is 5.05. The molecule has 0 aliphatic carbocycles. The maximum absolute atomic E-state index is 12.7. The normalized spacial score (nSPS) is 12.8. The molecule has 1 nitrogen and oxygen atoms in total. The molecule has 0 aromatic heterocycles. The van der Waals surface area contributed by atoms with Gasteiger partial charge in [-0.15, -0.1) is 0 Å². The van der Waals surface area contributed by atoms with Crippen LogP contribution in [0.3, 0.4) is 0 Å². The van der Waals surface area contributed by atoms with Crippen LogP contribution in [0.2, 0.25) is 0 Å². The van der Waals surface area contributed by atoms with Gasteiger partial charge >= 0.3 is 0 Å². The summed E-state index contributed by atoms with van der Waals surface area (Å²) >= 11 is 0. The molecule has 14 heavy (non-hydrogen) atoms. The van der Waals surface area contributed by atoms with Crippen molar-refractivity contribution in [1.82, 2.24) is 0 Å². The smallest absolute Gasteiger partial charge is 0.101 e. The SMILES string of the molecule is CC(F)Cc1cccc(CCCO)c1. The second-order valence-electron chi connectivity index (χ2n) is 3.63. The molecular weight excluding hydrogens is 179 g/mol. The Labute approximate surface area is 84.6 Å². The molecule has 0 bridgehead atoms. The van der Waals surface area contributed by atoms with Gasteiger partial charge in [0.15, 0.2) is 0 Å². The number of aliphatic hydroxyl groups excluding tert-OH is 1. The molecule has 0 fully saturated rings. The Morgan fingerprint density at radius 3 is 2.71 bits per heavy atom. The summed E-state index contributed by atoms with van der Waals surface area (Å²) in [6.07, 6.45) is 1.33. The second-order valence-corrected chi connectivity index (χ2v) is 3.63. The summed E-state index contributed by atoms with van der Waals surface area (Å²) in [6, 6.07) is 7.93. The van der Waals surface area contributed by atoms with E-state index in [9.17, 15) is 4.39 Å². The molecule has 0 spiro atoms. The summed E-state index contributed by atoms with van der Waals surface area (Å²) in [7, 11) is 0. The summed E-state index contributed by atoms with van der Waals surface area (Å²) in [4.78, 5) is 0. The lowest BCUT2D eigenvalue weighted by atomic mass is 10.0. The summed E-state index contributed by atoms with van der Waals surface area (Å²) in [5.74, 6) is 0. The fourth-order valence-electron chi connectivity index (χ4n) is 1.52. The molecule has 1 rings (SSSR count). The van der Waals surface area contributed by atoms with Crippen molar-refractivity contribution in [3.8, 4) is 0 Å². The summed E-state index contributed by atoms with van der Waals surface area (Å²) in [6.45, 7) is 1.78. The minimum Gasteiger partial charge on any atom is -0.396 e. The highest BCUT2D eigenvalue weighted by Gasteiger charge is 2.01. The second kappa shape index (κ2) is 5.76. The van der Waals surface area contributed by atoms with Gasteiger partial charge in [-0.3, -0.25) is 0 Å². The molecule has 1 aromatic carbocycles. The number of halogens is 1. The van der Waals surface area contributed by atoms with E-state index in [-0.39, 0.29) is 6.61 Å². The molecule has 0 aliphatic heterocycles. The Kier molecular flexibility index (Phi) is 4.60. The van der Waals surface area contributed by atoms with Crippen molar-refractivity contribution in [1.29, 1.82) is 0 Å². The van der Waals surface area contributed by atoms with Gasteiger partial charge in [0.2, 0.25) is 0 Å². The van der Waals surface area contributed by atoms with E-state index in [0.29, 0.717) is 6.42 Å². The van der Waals surface area contributed by atoms with Crippen molar-refractivity contribution in [2.24, 2.45) is 0 Å². The molecule has 0 saturated carbocycles. The third-order valence-corrected chi connectivity index (χ3v) is 2.13. The lowest BCUT2D eigenvalue weighted by molar-refractivity contribution is 0.288. The van der Waals surface area contributed by atoms with Crippen LogP contribution >= 0.6 is 0 Å².